The number of anilines is 4. The first-order valence-corrected chi connectivity index (χ1v) is 5.89. The van der Waals surface area contributed by atoms with Crippen LogP contribution in [0, 0.1) is 11.3 Å². The fourth-order valence-electron chi connectivity index (χ4n) is 2.52. The highest BCUT2D eigenvalue weighted by Gasteiger charge is 2.14. The second-order valence-electron chi connectivity index (χ2n) is 4.56. The molecule has 8 N–H and O–H groups in total. The van der Waals surface area contributed by atoms with Gasteiger partial charge in [0.1, 0.15) is 11.6 Å². The number of nitrogen functional groups attached to an aromatic ring is 4. The van der Waals surface area contributed by atoms with Crippen LogP contribution in [0.25, 0.3) is 21.5 Å². The van der Waals surface area contributed by atoms with Crippen molar-refractivity contribution in [1.82, 2.24) is 4.98 Å². The summed E-state index contributed by atoms with van der Waals surface area (Å²) in [6.45, 7) is 0. The van der Waals surface area contributed by atoms with E-state index in [2.05, 4.69) is 11.1 Å². The van der Waals surface area contributed by atoms with E-state index < -0.39 is 0 Å². The number of nitrogens with two attached hydrogens (primary N) is 4. The Morgan fingerprint density at radius 3 is 2.30 bits per heavy atom. The van der Waals surface area contributed by atoms with Crippen LogP contribution in [0.3, 0.4) is 0 Å². The standard InChI is InChI=1S/C14H12N6/c15-5-7-2-1-6-3-8(16)13-12(11(6)7)9(17)4-10(18)20-14(13)19/h1-4H,16-17H2,(H4,18,19,20). The van der Waals surface area contributed by atoms with E-state index in [9.17, 15) is 5.26 Å². The number of nitriles is 1. The van der Waals surface area contributed by atoms with Crippen LogP contribution in [0.5, 0.6) is 0 Å². The predicted molar refractivity (Wildman–Crippen MR) is 81.6 cm³/mol. The summed E-state index contributed by atoms with van der Waals surface area (Å²) in [6.07, 6.45) is 0. The summed E-state index contributed by atoms with van der Waals surface area (Å²) in [5.74, 6) is 0.396. The van der Waals surface area contributed by atoms with Crippen LogP contribution in [-0.4, -0.2) is 4.98 Å². The number of benzene rings is 1. The molecule has 0 saturated heterocycles. The quantitative estimate of drug-likeness (QED) is 0.454. The Morgan fingerprint density at radius 1 is 0.900 bits per heavy atom. The molecular weight excluding hydrogens is 252 g/mol. The van der Waals surface area contributed by atoms with Gasteiger partial charge in [-0.2, -0.15) is 5.26 Å². The third-order valence-corrected chi connectivity index (χ3v) is 3.31. The van der Waals surface area contributed by atoms with E-state index in [-0.39, 0.29) is 11.6 Å². The molecule has 0 fully saturated rings. The summed E-state index contributed by atoms with van der Waals surface area (Å²) < 4.78 is 0. The Morgan fingerprint density at radius 2 is 1.60 bits per heavy atom. The molecule has 20 heavy (non-hydrogen) atoms. The van der Waals surface area contributed by atoms with Crippen molar-refractivity contribution in [3.05, 3.63) is 29.8 Å². The molecule has 3 rings (SSSR count). The van der Waals surface area contributed by atoms with Crippen LogP contribution in [0.15, 0.2) is 24.3 Å². The number of fused-ring (bicyclic) bond motifs is 3. The number of rotatable bonds is 0. The van der Waals surface area contributed by atoms with Gasteiger partial charge in [0.25, 0.3) is 0 Å². The van der Waals surface area contributed by atoms with Crippen LogP contribution in [0.1, 0.15) is 5.56 Å². The highest BCUT2D eigenvalue weighted by molar-refractivity contribution is 6.21. The molecule has 1 aromatic heterocycles. The molecule has 6 heteroatoms. The topological polar surface area (TPSA) is 141 Å². The minimum atomic E-state index is 0.193. The van der Waals surface area contributed by atoms with Crippen LogP contribution in [0.2, 0.25) is 0 Å². The van der Waals surface area contributed by atoms with Crippen LogP contribution in [0.4, 0.5) is 23.0 Å². The van der Waals surface area contributed by atoms with Gasteiger partial charge >= 0.3 is 0 Å². The summed E-state index contributed by atoms with van der Waals surface area (Å²) in [5.41, 5.74) is 25.2. The monoisotopic (exact) mass is 264 g/mol. The zero-order valence-electron chi connectivity index (χ0n) is 10.5. The van der Waals surface area contributed by atoms with Gasteiger partial charge in [-0.15, -0.1) is 0 Å². The first kappa shape index (κ1) is 11.9. The highest BCUT2D eigenvalue weighted by atomic mass is 14.9. The van der Waals surface area contributed by atoms with Crippen molar-refractivity contribution in [2.24, 2.45) is 0 Å². The molecule has 0 saturated carbocycles. The summed E-state index contributed by atoms with van der Waals surface area (Å²) in [7, 11) is 0. The van der Waals surface area contributed by atoms with E-state index in [1.807, 2.05) is 6.07 Å². The Labute approximate surface area is 114 Å². The van der Waals surface area contributed by atoms with Crippen molar-refractivity contribution in [2.75, 3.05) is 22.9 Å². The lowest BCUT2D eigenvalue weighted by Gasteiger charge is -2.05. The Hall–Kier alpha value is -3.20. The van der Waals surface area contributed by atoms with E-state index in [4.69, 9.17) is 22.9 Å². The first-order valence-electron chi connectivity index (χ1n) is 5.89. The molecule has 3 aromatic rings. The van der Waals surface area contributed by atoms with Gasteiger partial charge in [0.05, 0.1) is 11.6 Å². The number of nitrogens with zero attached hydrogens (tertiary/aromatic N) is 2. The fraction of sp³-hybridized carbons (Fsp3) is 0. The van der Waals surface area contributed by atoms with Crippen molar-refractivity contribution >= 4 is 44.6 Å². The van der Waals surface area contributed by atoms with Crippen LogP contribution < -0.4 is 22.9 Å². The van der Waals surface area contributed by atoms with Gasteiger partial charge in [-0.25, -0.2) is 4.98 Å². The molecule has 0 radical (unpaired) electrons. The molecule has 0 aliphatic heterocycles. The van der Waals surface area contributed by atoms with Gasteiger partial charge < -0.3 is 22.9 Å². The molecule has 98 valence electrons. The molecule has 0 unspecified atom stereocenters. The second-order valence-corrected chi connectivity index (χ2v) is 4.56. The Balaban J connectivity index is 2.76. The normalized spacial score (nSPS) is 10.8. The molecule has 0 bridgehead atoms. The summed E-state index contributed by atoms with van der Waals surface area (Å²) in [5, 5.41) is 11.9. The maximum atomic E-state index is 9.24. The van der Waals surface area contributed by atoms with Gasteiger partial charge in [0, 0.05) is 33.6 Å². The van der Waals surface area contributed by atoms with Gasteiger partial charge in [-0.1, -0.05) is 6.07 Å². The molecule has 0 spiro atoms. The maximum absolute atomic E-state index is 9.24. The average molecular weight is 264 g/mol. The molecule has 0 aliphatic rings. The largest absolute Gasteiger partial charge is 0.398 e. The third-order valence-electron chi connectivity index (χ3n) is 3.31. The third kappa shape index (κ3) is 1.47. The number of hydrogen-bond acceptors (Lipinski definition) is 6. The predicted octanol–water partition coefficient (Wildman–Crippen LogP) is 1.59. The van der Waals surface area contributed by atoms with Crippen molar-refractivity contribution in [1.29, 1.82) is 5.26 Å². The molecule has 1 heterocycles. The molecular formula is C14H12N6. The van der Waals surface area contributed by atoms with Gasteiger partial charge in [0.2, 0.25) is 0 Å². The van der Waals surface area contributed by atoms with Crippen molar-refractivity contribution < 1.29 is 0 Å². The summed E-state index contributed by atoms with van der Waals surface area (Å²) in [6, 6.07) is 8.97. The highest BCUT2D eigenvalue weighted by Crippen LogP contribution is 2.38. The van der Waals surface area contributed by atoms with Crippen LogP contribution >= 0.6 is 0 Å². The second kappa shape index (κ2) is 3.90. The molecule has 6 nitrogen and oxygen atoms in total. The van der Waals surface area contributed by atoms with Gasteiger partial charge in [0.15, 0.2) is 0 Å². The van der Waals surface area contributed by atoms with Crippen molar-refractivity contribution in [2.45, 2.75) is 0 Å². The van der Waals surface area contributed by atoms with E-state index in [0.717, 1.165) is 10.8 Å². The Kier molecular flexibility index (Phi) is 2.31. The van der Waals surface area contributed by atoms with E-state index >= 15 is 0 Å². The number of hydrogen-bond donors (Lipinski definition) is 4. The average Bonchev–Trinajstić information content (AvgIpc) is 2.73. The Bertz CT molecular complexity index is 907. The molecule has 0 aliphatic carbocycles. The lowest BCUT2D eigenvalue weighted by atomic mass is 10.0. The minimum Gasteiger partial charge on any atom is -0.398 e. The summed E-state index contributed by atoms with van der Waals surface area (Å²) in [4.78, 5) is 4.05. The zero-order valence-corrected chi connectivity index (χ0v) is 10.5. The van der Waals surface area contributed by atoms with E-state index in [0.29, 0.717) is 27.7 Å². The zero-order chi connectivity index (χ0) is 14.4. The van der Waals surface area contributed by atoms with E-state index in [1.54, 1.807) is 12.1 Å². The molecule has 0 atom stereocenters. The molecule has 2 aromatic carbocycles. The molecule has 0 amide bonds. The first-order chi connectivity index (χ1) is 9.52. The number of aromatic nitrogens is 1. The lowest BCUT2D eigenvalue weighted by Crippen LogP contribution is -1.95. The van der Waals surface area contributed by atoms with Gasteiger partial charge in [-0.05, 0) is 17.5 Å². The van der Waals surface area contributed by atoms with Crippen molar-refractivity contribution in [3.8, 4) is 6.07 Å². The van der Waals surface area contributed by atoms with Crippen LogP contribution in [-0.2, 0) is 0 Å². The maximum Gasteiger partial charge on any atom is 0.135 e. The SMILES string of the molecule is N#Cc1ccc2cc(N)c3c(N)nc(N)cc(N)c3c12. The van der Waals surface area contributed by atoms with Crippen molar-refractivity contribution in [3.63, 3.8) is 0 Å². The smallest absolute Gasteiger partial charge is 0.135 e. The lowest BCUT2D eigenvalue weighted by molar-refractivity contribution is 1.39. The summed E-state index contributed by atoms with van der Waals surface area (Å²) >= 11 is 0. The van der Waals surface area contributed by atoms with Gasteiger partial charge in [-0.3, -0.25) is 0 Å². The fourth-order valence-corrected chi connectivity index (χ4v) is 2.52. The van der Waals surface area contributed by atoms with E-state index in [1.165, 1.54) is 6.07 Å². The minimum absolute atomic E-state index is 0.193.